The van der Waals surface area contributed by atoms with Gasteiger partial charge in [-0.3, -0.25) is 4.68 Å². The zero-order chi connectivity index (χ0) is 12.6. The summed E-state index contributed by atoms with van der Waals surface area (Å²) in [7, 11) is 0. The van der Waals surface area contributed by atoms with E-state index in [2.05, 4.69) is 52.9 Å². The van der Waals surface area contributed by atoms with Crippen molar-refractivity contribution in [3.63, 3.8) is 0 Å². The van der Waals surface area contributed by atoms with Crippen LogP contribution in [-0.2, 0) is 6.54 Å². The van der Waals surface area contributed by atoms with Crippen molar-refractivity contribution in [2.45, 2.75) is 32.4 Å². The highest BCUT2D eigenvalue weighted by molar-refractivity contribution is 5.18. The Morgan fingerprint density at radius 3 is 2.78 bits per heavy atom. The topological polar surface area (TPSA) is 42.7 Å². The molecule has 1 aromatic heterocycles. The fourth-order valence-electron chi connectivity index (χ4n) is 2.05. The molecule has 0 saturated carbocycles. The van der Waals surface area contributed by atoms with Gasteiger partial charge in [0.1, 0.15) is 0 Å². The Labute approximate surface area is 108 Å². The third-order valence-corrected chi connectivity index (χ3v) is 3.04. The first kappa shape index (κ1) is 12.8. The number of rotatable bonds is 7. The molecule has 0 aliphatic rings. The van der Waals surface area contributed by atoms with Crippen molar-refractivity contribution >= 4 is 0 Å². The van der Waals surface area contributed by atoms with Gasteiger partial charge in [-0.05, 0) is 24.9 Å². The minimum atomic E-state index is 0.446. The van der Waals surface area contributed by atoms with E-state index in [0.29, 0.717) is 6.04 Å². The van der Waals surface area contributed by atoms with Gasteiger partial charge in [-0.1, -0.05) is 42.5 Å². The van der Waals surface area contributed by atoms with E-state index in [-0.39, 0.29) is 0 Å². The quantitative estimate of drug-likeness (QED) is 0.761. The molecule has 0 aliphatic heterocycles. The fourth-order valence-corrected chi connectivity index (χ4v) is 2.05. The smallest absolute Gasteiger partial charge is 0.0692 e. The lowest BCUT2D eigenvalue weighted by Crippen LogP contribution is -2.22. The van der Waals surface area contributed by atoms with Crippen molar-refractivity contribution in [2.75, 3.05) is 6.54 Å². The van der Waals surface area contributed by atoms with E-state index in [9.17, 15) is 0 Å². The summed E-state index contributed by atoms with van der Waals surface area (Å²) in [4.78, 5) is 0. The van der Waals surface area contributed by atoms with Gasteiger partial charge in [0.25, 0.3) is 0 Å². The van der Waals surface area contributed by atoms with Crippen molar-refractivity contribution in [1.82, 2.24) is 20.3 Å². The summed E-state index contributed by atoms with van der Waals surface area (Å²) in [5.74, 6) is 0. The summed E-state index contributed by atoms with van der Waals surface area (Å²) in [5.41, 5.74) is 1.36. The molecule has 0 amide bonds. The minimum absolute atomic E-state index is 0.446. The summed E-state index contributed by atoms with van der Waals surface area (Å²) >= 11 is 0. The maximum absolute atomic E-state index is 3.95. The molecule has 1 atom stereocenters. The van der Waals surface area contributed by atoms with E-state index >= 15 is 0 Å². The van der Waals surface area contributed by atoms with Gasteiger partial charge in [0.15, 0.2) is 0 Å². The largest absolute Gasteiger partial charge is 0.310 e. The van der Waals surface area contributed by atoms with E-state index < -0.39 is 0 Å². The van der Waals surface area contributed by atoms with Gasteiger partial charge in [-0.15, -0.1) is 5.10 Å². The number of aromatic nitrogens is 3. The highest BCUT2D eigenvalue weighted by Gasteiger charge is 2.06. The van der Waals surface area contributed by atoms with Gasteiger partial charge in [0, 0.05) is 18.8 Å². The molecule has 0 spiro atoms. The van der Waals surface area contributed by atoms with Crippen LogP contribution in [0, 0.1) is 0 Å². The Balaban J connectivity index is 1.74. The monoisotopic (exact) mass is 244 g/mol. The summed E-state index contributed by atoms with van der Waals surface area (Å²) in [5, 5.41) is 11.3. The third kappa shape index (κ3) is 3.67. The molecule has 1 N–H and O–H groups in total. The van der Waals surface area contributed by atoms with Gasteiger partial charge in [0.2, 0.25) is 0 Å². The zero-order valence-corrected chi connectivity index (χ0v) is 10.8. The highest BCUT2D eigenvalue weighted by atomic mass is 15.4. The van der Waals surface area contributed by atoms with Crippen LogP contribution < -0.4 is 5.32 Å². The van der Waals surface area contributed by atoms with Crippen molar-refractivity contribution in [3.8, 4) is 0 Å². The van der Waals surface area contributed by atoms with E-state index in [1.807, 2.05) is 10.9 Å². The molecule has 0 bridgehead atoms. The van der Waals surface area contributed by atoms with Crippen LogP contribution >= 0.6 is 0 Å². The summed E-state index contributed by atoms with van der Waals surface area (Å²) in [6.45, 7) is 4.12. The van der Waals surface area contributed by atoms with Crippen LogP contribution in [0.3, 0.4) is 0 Å². The average molecular weight is 244 g/mol. The molecule has 0 fully saturated rings. The van der Waals surface area contributed by atoms with Crippen LogP contribution in [0.15, 0.2) is 42.7 Å². The molecule has 0 aliphatic carbocycles. The van der Waals surface area contributed by atoms with Crippen LogP contribution in [0.5, 0.6) is 0 Å². The first-order chi connectivity index (χ1) is 8.90. The molecule has 1 aromatic carbocycles. The van der Waals surface area contributed by atoms with Gasteiger partial charge >= 0.3 is 0 Å². The van der Waals surface area contributed by atoms with Crippen molar-refractivity contribution in [2.24, 2.45) is 0 Å². The second-order valence-electron chi connectivity index (χ2n) is 4.35. The number of nitrogens with zero attached hydrogens (tertiary/aromatic N) is 3. The first-order valence-electron chi connectivity index (χ1n) is 6.52. The lowest BCUT2D eigenvalue weighted by atomic mass is 10.0. The highest BCUT2D eigenvalue weighted by Crippen LogP contribution is 2.15. The Kier molecular flexibility index (Phi) is 4.90. The van der Waals surface area contributed by atoms with Crippen LogP contribution in [0.1, 0.15) is 31.4 Å². The molecule has 18 heavy (non-hydrogen) atoms. The van der Waals surface area contributed by atoms with Crippen molar-refractivity contribution in [3.05, 3.63) is 48.3 Å². The molecule has 0 saturated heterocycles. The van der Waals surface area contributed by atoms with Crippen LogP contribution in [-0.4, -0.2) is 21.5 Å². The maximum Gasteiger partial charge on any atom is 0.0692 e. The Morgan fingerprint density at radius 1 is 1.28 bits per heavy atom. The molecule has 2 rings (SSSR count). The molecule has 2 aromatic rings. The Morgan fingerprint density at radius 2 is 2.11 bits per heavy atom. The molecule has 4 heteroatoms. The van der Waals surface area contributed by atoms with E-state index in [4.69, 9.17) is 0 Å². The Hall–Kier alpha value is -1.68. The Bertz CT molecular complexity index is 424. The molecular formula is C14H20N4. The van der Waals surface area contributed by atoms with Crippen molar-refractivity contribution < 1.29 is 0 Å². The molecule has 4 nitrogen and oxygen atoms in total. The predicted octanol–water partition coefficient (Wildman–Crippen LogP) is 2.41. The van der Waals surface area contributed by atoms with Gasteiger partial charge in [-0.25, -0.2) is 0 Å². The number of nitrogens with one attached hydrogen (secondary N) is 1. The minimum Gasteiger partial charge on any atom is -0.310 e. The summed E-state index contributed by atoms with van der Waals surface area (Å²) in [6, 6.07) is 11.0. The van der Waals surface area contributed by atoms with E-state index in [1.165, 1.54) is 5.56 Å². The summed E-state index contributed by atoms with van der Waals surface area (Å²) in [6.07, 6.45) is 5.78. The molecule has 1 heterocycles. The lowest BCUT2D eigenvalue weighted by Gasteiger charge is -2.17. The number of hydrogen-bond donors (Lipinski definition) is 1. The molecule has 0 radical (unpaired) electrons. The first-order valence-corrected chi connectivity index (χ1v) is 6.52. The zero-order valence-electron chi connectivity index (χ0n) is 10.8. The van der Waals surface area contributed by atoms with E-state index in [0.717, 1.165) is 25.9 Å². The number of aryl methyl sites for hydroxylation is 1. The van der Waals surface area contributed by atoms with Crippen LogP contribution in [0.25, 0.3) is 0 Å². The van der Waals surface area contributed by atoms with Gasteiger partial charge in [-0.2, -0.15) is 0 Å². The number of benzene rings is 1. The fraction of sp³-hybridized carbons (Fsp3) is 0.429. The summed E-state index contributed by atoms with van der Waals surface area (Å²) < 4.78 is 1.87. The molecular weight excluding hydrogens is 224 g/mol. The second-order valence-corrected chi connectivity index (χ2v) is 4.35. The van der Waals surface area contributed by atoms with Crippen LogP contribution in [0.4, 0.5) is 0 Å². The second kappa shape index (κ2) is 6.91. The SMILES string of the molecule is CCC(NCCCn1ccnn1)c1ccccc1. The lowest BCUT2D eigenvalue weighted by molar-refractivity contribution is 0.475. The van der Waals surface area contributed by atoms with Crippen molar-refractivity contribution in [1.29, 1.82) is 0 Å². The van der Waals surface area contributed by atoms with E-state index in [1.54, 1.807) is 6.20 Å². The average Bonchev–Trinajstić information content (AvgIpc) is 2.93. The van der Waals surface area contributed by atoms with Crippen LogP contribution in [0.2, 0.25) is 0 Å². The normalized spacial score (nSPS) is 12.5. The van der Waals surface area contributed by atoms with Gasteiger partial charge < -0.3 is 5.32 Å². The number of hydrogen-bond acceptors (Lipinski definition) is 3. The molecule has 96 valence electrons. The van der Waals surface area contributed by atoms with Gasteiger partial charge in [0.05, 0.1) is 6.20 Å². The predicted molar refractivity (Wildman–Crippen MR) is 72.1 cm³/mol. The third-order valence-electron chi connectivity index (χ3n) is 3.04. The molecule has 1 unspecified atom stereocenters. The maximum atomic E-state index is 3.95. The standard InChI is InChI=1S/C14H20N4/c1-2-14(13-7-4-3-5-8-13)15-9-6-11-18-12-10-16-17-18/h3-5,7-8,10,12,14-15H,2,6,9,11H2,1H3.